The van der Waals surface area contributed by atoms with E-state index in [0.717, 1.165) is 27.7 Å². The summed E-state index contributed by atoms with van der Waals surface area (Å²) in [7, 11) is 0. The number of carboxylic acid groups (broad SMARTS) is 1. The van der Waals surface area contributed by atoms with Gasteiger partial charge in [-0.15, -0.1) is 0 Å². The number of benzene rings is 4. The number of nitrogens with one attached hydrogen (secondary N) is 1. The van der Waals surface area contributed by atoms with Gasteiger partial charge in [0.15, 0.2) is 12.3 Å². The number of carboxylic acids is 1. The van der Waals surface area contributed by atoms with Crippen LogP contribution in [0, 0.1) is 0 Å². The van der Waals surface area contributed by atoms with Crippen molar-refractivity contribution in [2.45, 2.75) is 44.9 Å². The maximum atomic E-state index is 11.7. The van der Waals surface area contributed by atoms with Gasteiger partial charge in [-0.2, -0.15) is 4.58 Å². The van der Waals surface area contributed by atoms with Gasteiger partial charge in [-0.3, -0.25) is 14.5 Å². The van der Waals surface area contributed by atoms with Crippen molar-refractivity contribution in [1.82, 2.24) is 0 Å². The molecule has 43 heavy (non-hydrogen) atoms. The zero-order chi connectivity index (χ0) is 30.4. The van der Waals surface area contributed by atoms with Crippen LogP contribution in [-0.4, -0.2) is 47.5 Å². The van der Waals surface area contributed by atoms with Crippen molar-refractivity contribution in [3.8, 4) is 0 Å². The first-order valence-electron chi connectivity index (χ1n) is 14.9. The third-order valence-electron chi connectivity index (χ3n) is 9.24. The van der Waals surface area contributed by atoms with Gasteiger partial charge in [-0.25, -0.2) is 0 Å². The normalized spacial score (nSPS) is 19.3. The predicted octanol–water partition coefficient (Wildman–Crippen LogP) is 5.96. The van der Waals surface area contributed by atoms with Crippen LogP contribution < -0.4 is 4.90 Å². The third-order valence-corrected chi connectivity index (χ3v) is 9.24. The molecule has 0 fully saturated rings. The summed E-state index contributed by atoms with van der Waals surface area (Å²) in [6.45, 7) is 10.8. The molecule has 2 aliphatic heterocycles. The summed E-state index contributed by atoms with van der Waals surface area (Å²) >= 11 is 0. The maximum Gasteiger partial charge on any atom is 0.309 e. The molecular weight excluding hydrogens is 536 g/mol. The smallest absolute Gasteiger partial charge is 0.309 e. The molecule has 2 aliphatic rings. The van der Waals surface area contributed by atoms with E-state index in [9.17, 15) is 14.7 Å². The number of allylic oxidation sites excluding steroid dienone is 4. The molecule has 0 aromatic heterocycles. The average Bonchev–Trinajstić information content (AvgIpc) is 3.35. The number of hydrogen-bond acceptors (Lipinski definition) is 3. The molecule has 0 aliphatic carbocycles. The molecule has 0 saturated heterocycles. The molecule has 0 amide bonds. The van der Waals surface area contributed by atoms with Gasteiger partial charge < -0.3 is 9.84 Å². The highest BCUT2D eigenvalue weighted by atomic mass is 16.5. The standard InChI is InChI=1S/C37H36N2O4/c1-36(2)31(38(21-20-33(41)42)29-18-16-25-10-5-7-12-27(25)34(29)36)14-9-15-32-37(3,4)35-28-13-8-6-11-26(28)17-19-30(35)39(32)22-23-43-24-40/h5-19,24H,20-23H2,1-4H3/p+2. The van der Waals surface area contributed by atoms with Crippen LogP contribution in [0.1, 0.15) is 45.2 Å². The van der Waals surface area contributed by atoms with Gasteiger partial charge >= 0.3 is 5.97 Å². The topological polar surface area (TPSA) is 71.1 Å². The van der Waals surface area contributed by atoms with E-state index in [1.54, 1.807) is 0 Å². The molecule has 6 rings (SSSR count). The largest absolute Gasteiger partial charge is 0.481 e. The Balaban J connectivity index is 1.46. The molecular formula is C37H38N2O4+2. The lowest BCUT2D eigenvalue weighted by Crippen LogP contribution is -3.05. The minimum absolute atomic E-state index is 0.0794. The molecule has 6 nitrogen and oxygen atoms in total. The molecule has 0 saturated carbocycles. The van der Waals surface area contributed by atoms with Gasteiger partial charge in [0.2, 0.25) is 5.69 Å². The Kier molecular flexibility index (Phi) is 7.26. The van der Waals surface area contributed by atoms with Crippen molar-refractivity contribution in [2.24, 2.45) is 0 Å². The fourth-order valence-corrected chi connectivity index (χ4v) is 7.37. The third kappa shape index (κ3) is 4.76. The van der Waals surface area contributed by atoms with Gasteiger partial charge in [0.25, 0.3) is 6.47 Å². The van der Waals surface area contributed by atoms with E-state index in [2.05, 4.69) is 123 Å². The lowest BCUT2D eigenvalue weighted by molar-refractivity contribution is -0.788. The number of carbonyl (C=O) groups is 2. The van der Waals surface area contributed by atoms with Gasteiger partial charge in [0, 0.05) is 29.3 Å². The predicted molar refractivity (Wildman–Crippen MR) is 171 cm³/mol. The van der Waals surface area contributed by atoms with E-state index in [1.807, 2.05) is 0 Å². The zero-order valence-electron chi connectivity index (χ0n) is 25.2. The van der Waals surface area contributed by atoms with Crippen molar-refractivity contribution in [2.75, 3.05) is 19.7 Å². The first-order valence-corrected chi connectivity index (χ1v) is 14.9. The van der Waals surface area contributed by atoms with E-state index in [1.165, 1.54) is 32.7 Å². The van der Waals surface area contributed by atoms with E-state index >= 15 is 0 Å². The van der Waals surface area contributed by atoms with Crippen LogP contribution in [0.15, 0.2) is 96.7 Å². The highest BCUT2D eigenvalue weighted by Gasteiger charge is 2.47. The second-order valence-electron chi connectivity index (χ2n) is 12.5. The fourth-order valence-electron chi connectivity index (χ4n) is 7.37. The summed E-state index contributed by atoms with van der Waals surface area (Å²) in [5, 5.41) is 14.4. The second kappa shape index (κ2) is 10.9. The fraction of sp³-hybridized carbons (Fsp3) is 0.270. The molecule has 6 heteroatoms. The summed E-state index contributed by atoms with van der Waals surface area (Å²) in [6.07, 6.45) is 6.55. The molecule has 2 N–H and O–H groups in total. The number of rotatable bonds is 9. The maximum absolute atomic E-state index is 11.7. The monoisotopic (exact) mass is 574 g/mol. The number of quaternary nitrogens is 1. The Morgan fingerprint density at radius 3 is 2.21 bits per heavy atom. The van der Waals surface area contributed by atoms with Crippen molar-refractivity contribution < 1.29 is 28.9 Å². The van der Waals surface area contributed by atoms with E-state index in [-0.39, 0.29) is 23.9 Å². The highest BCUT2D eigenvalue weighted by Crippen LogP contribution is 2.45. The van der Waals surface area contributed by atoms with Crippen LogP contribution in [0.3, 0.4) is 0 Å². The zero-order valence-corrected chi connectivity index (χ0v) is 25.2. The number of nitrogens with zero attached hydrogens (tertiary/aromatic N) is 1. The molecule has 2 heterocycles. The molecule has 0 radical (unpaired) electrons. The van der Waals surface area contributed by atoms with Crippen LogP contribution in [0.4, 0.5) is 11.4 Å². The molecule has 1 unspecified atom stereocenters. The Morgan fingerprint density at radius 2 is 1.53 bits per heavy atom. The minimum atomic E-state index is -0.795. The SMILES string of the molecule is CC1(C)C(/C=C/C=C2/[NH+](CCC(=O)O)c3ccc4ccccc4c3C2(C)C)=[N+](CCOC=O)c2ccc3ccccc3c21. The number of fused-ring (bicyclic) bond motifs is 6. The quantitative estimate of drug-likeness (QED) is 0.147. The minimum Gasteiger partial charge on any atom is -0.481 e. The Morgan fingerprint density at radius 1 is 0.884 bits per heavy atom. The summed E-state index contributed by atoms with van der Waals surface area (Å²) in [5.41, 5.74) is 6.45. The molecule has 218 valence electrons. The summed E-state index contributed by atoms with van der Waals surface area (Å²) in [5.74, 6) is -0.795. The summed E-state index contributed by atoms with van der Waals surface area (Å²) < 4.78 is 7.40. The molecule has 0 spiro atoms. The van der Waals surface area contributed by atoms with Crippen LogP contribution in [0.25, 0.3) is 21.5 Å². The first-order chi connectivity index (χ1) is 20.7. The van der Waals surface area contributed by atoms with Gasteiger partial charge in [0.05, 0.1) is 23.8 Å². The van der Waals surface area contributed by atoms with Crippen LogP contribution in [0.2, 0.25) is 0 Å². The van der Waals surface area contributed by atoms with Crippen LogP contribution in [-0.2, 0) is 25.2 Å². The number of ether oxygens (including phenoxy) is 1. The number of carbonyl (C=O) groups excluding carboxylic acids is 1. The van der Waals surface area contributed by atoms with Crippen molar-refractivity contribution >= 4 is 51.1 Å². The van der Waals surface area contributed by atoms with E-state index in [4.69, 9.17) is 4.74 Å². The van der Waals surface area contributed by atoms with Gasteiger partial charge in [-0.05, 0) is 67.4 Å². The Bertz CT molecular complexity index is 1860. The highest BCUT2D eigenvalue weighted by molar-refractivity contribution is 6.07. The number of aliphatic carboxylic acids is 1. The summed E-state index contributed by atoms with van der Waals surface area (Å²) in [6, 6.07) is 25.5. The number of hydrogen-bond donors (Lipinski definition) is 2. The van der Waals surface area contributed by atoms with Crippen LogP contribution >= 0.6 is 0 Å². The lowest BCUT2D eigenvalue weighted by atomic mass is 9.79. The second-order valence-corrected chi connectivity index (χ2v) is 12.5. The lowest BCUT2D eigenvalue weighted by Gasteiger charge is -2.21. The molecule has 0 bridgehead atoms. The first kappa shape index (κ1) is 28.6. The molecule has 4 aromatic carbocycles. The van der Waals surface area contributed by atoms with E-state index < -0.39 is 5.97 Å². The van der Waals surface area contributed by atoms with Crippen molar-refractivity contribution in [1.29, 1.82) is 0 Å². The van der Waals surface area contributed by atoms with E-state index in [0.29, 0.717) is 19.6 Å². The Hall–Kier alpha value is -4.55. The van der Waals surface area contributed by atoms with Crippen molar-refractivity contribution in [3.05, 3.63) is 108 Å². The van der Waals surface area contributed by atoms with Crippen LogP contribution in [0.5, 0.6) is 0 Å². The average molecular weight is 575 g/mol. The van der Waals surface area contributed by atoms with Crippen molar-refractivity contribution in [3.63, 3.8) is 0 Å². The molecule has 4 aromatic rings. The Labute approximate surface area is 252 Å². The molecule has 1 atom stereocenters. The summed E-state index contributed by atoms with van der Waals surface area (Å²) in [4.78, 5) is 23.7. The van der Waals surface area contributed by atoms with Gasteiger partial charge in [0.1, 0.15) is 18.0 Å². The van der Waals surface area contributed by atoms with Gasteiger partial charge in [-0.1, -0.05) is 54.6 Å².